The Bertz CT molecular complexity index is 1690. The maximum absolute atomic E-state index is 14.0. The number of aromatic nitrogens is 2. The van der Waals surface area contributed by atoms with Crippen LogP contribution in [0.5, 0.6) is 0 Å². The number of carbonyl (C=O) groups excluding carboxylic acids is 7. The van der Waals surface area contributed by atoms with Crippen LogP contribution in [-0.2, 0) is 63.1 Å². The fourth-order valence-electron chi connectivity index (χ4n) is 6.69. The predicted molar refractivity (Wildman–Crippen MR) is 234 cm³/mol. The van der Waals surface area contributed by atoms with Gasteiger partial charge in [-0.3, -0.25) is 42.6 Å². The van der Waals surface area contributed by atoms with E-state index in [1.54, 1.807) is 0 Å². The molecule has 1 fully saturated rings. The smallest absolute Gasteiger partial charge is 0.394 e. The van der Waals surface area contributed by atoms with Crippen LogP contribution < -0.4 is 33.2 Å². The number of carbonyl (C=O) groups is 7. The molecule has 1 aromatic heterocycles. The van der Waals surface area contributed by atoms with Gasteiger partial charge in [0.2, 0.25) is 29.5 Å². The summed E-state index contributed by atoms with van der Waals surface area (Å²) >= 11 is 3.98. The van der Waals surface area contributed by atoms with Crippen molar-refractivity contribution in [3.8, 4) is 0 Å². The lowest BCUT2D eigenvalue weighted by Crippen LogP contribution is -2.52. The lowest BCUT2D eigenvalue weighted by Gasteiger charge is -2.28. The van der Waals surface area contributed by atoms with Crippen molar-refractivity contribution in [2.24, 2.45) is 35.0 Å². The quantitative estimate of drug-likeness (QED) is 0.0208. The number of nitrogens with zero attached hydrogens (tertiary/aromatic N) is 2. The number of imidazole rings is 1. The molecule has 0 aliphatic carbocycles. The number of nitrogens with one attached hydrogen (secondary N) is 4. The number of amides is 5. The Morgan fingerprint density at radius 3 is 2.30 bits per heavy atom. The summed E-state index contributed by atoms with van der Waals surface area (Å²) in [5.41, 5.74) is 16.9. The summed E-state index contributed by atoms with van der Waals surface area (Å²) in [6.45, 7) is 5.35. The van der Waals surface area contributed by atoms with Gasteiger partial charge in [0.05, 0.1) is 82.4 Å². The van der Waals surface area contributed by atoms with Crippen molar-refractivity contribution in [1.29, 1.82) is 0 Å². The molecule has 0 aromatic carbocycles. The number of hydrogen-bond donors (Lipinski definition) is 10. The van der Waals surface area contributed by atoms with Gasteiger partial charge in [-0.05, 0) is 45.1 Å². The van der Waals surface area contributed by atoms with E-state index in [9.17, 15) is 48.1 Å². The Morgan fingerprint density at radius 1 is 1.00 bits per heavy atom. The highest BCUT2D eigenvalue weighted by Crippen LogP contribution is 2.46. The van der Waals surface area contributed by atoms with E-state index in [1.165, 1.54) is 24.3 Å². The summed E-state index contributed by atoms with van der Waals surface area (Å²) in [4.78, 5) is 111. The average Bonchev–Trinajstić information content (AvgIpc) is 3.96. The van der Waals surface area contributed by atoms with E-state index in [0.717, 1.165) is 0 Å². The lowest BCUT2D eigenvalue weighted by atomic mass is 9.89. The Hall–Kier alpha value is -3.84. The zero-order valence-corrected chi connectivity index (χ0v) is 38.6. The SMILES string of the molecule is CC(C)C[C@H](NC(=O)[C@@H]1CCCN1C(=O)CCOCCOCCNC(=O)[C@@H](N)CS)C(=O)C[C@@H](Cc1cnc[nH]1)C(=O)N[C@@H](CO)C(=O)C[C@H](C(N)=O)[C@@H](C)OP(=O)(O)OCCCN. The normalized spacial score (nSPS) is 17.7. The Balaban J connectivity index is 2.06. The van der Waals surface area contributed by atoms with Gasteiger partial charge in [-0.2, -0.15) is 12.6 Å². The molecule has 364 valence electrons. The summed E-state index contributed by atoms with van der Waals surface area (Å²) in [7, 11) is -4.68. The molecule has 1 aromatic rings. The number of hydrogen-bond acceptors (Lipinski definition) is 17. The molecule has 12 N–H and O–H groups in total. The number of thiol groups is 1. The molecule has 8 atom stereocenters. The van der Waals surface area contributed by atoms with Gasteiger partial charge in [0.1, 0.15) is 12.1 Å². The summed E-state index contributed by atoms with van der Waals surface area (Å²) in [5.74, 6) is -6.84. The molecule has 0 saturated carbocycles. The number of nitrogens with two attached hydrogens (primary N) is 3. The Labute approximate surface area is 378 Å². The van der Waals surface area contributed by atoms with Crippen molar-refractivity contribution < 1.29 is 66.6 Å². The van der Waals surface area contributed by atoms with Gasteiger partial charge in [0.15, 0.2) is 11.6 Å². The number of aliphatic hydroxyl groups excluding tert-OH is 1. The molecule has 1 aliphatic heterocycles. The van der Waals surface area contributed by atoms with Crippen LogP contribution in [-0.4, -0.2) is 161 Å². The summed E-state index contributed by atoms with van der Waals surface area (Å²) in [6, 6.07) is -4.17. The first kappa shape index (κ1) is 56.3. The zero-order chi connectivity index (χ0) is 47.8. The first-order valence-corrected chi connectivity index (χ1v) is 23.4. The molecule has 0 bridgehead atoms. The maximum Gasteiger partial charge on any atom is 0.472 e. The van der Waals surface area contributed by atoms with Gasteiger partial charge in [0, 0.05) is 50.0 Å². The molecule has 5 amide bonds. The number of H-pyrrole nitrogens is 1. The minimum Gasteiger partial charge on any atom is -0.394 e. The molecular formula is C39H68N9O14PS. The van der Waals surface area contributed by atoms with Gasteiger partial charge in [-0.1, -0.05) is 13.8 Å². The van der Waals surface area contributed by atoms with Crippen molar-refractivity contribution >= 4 is 61.6 Å². The number of aliphatic hydroxyl groups is 1. The minimum atomic E-state index is -4.68. The van der Waals surface area contributed by atoms with Crippen LogP contribution in [0.3, 0.4) is 0 Å². The van der Waals surface area contributed by atoms with Gasteiger partial charge in [-0.25, -0.2) is 9.55 Å². The molecule has 1 unspecified atom stereocenters. The van der Waals surface area contributed by atoms with E-state index >= 15 is 0 Å². The van der Waals surface area contributed by atoms with E-state index in [4.69, 9.17) is 35.7 Å². The number of primary amides is 1. The van der Waals surface area contributed by atoms with Gasteiger partial charge >= 0.3 is 7.82 Å². The fourth-order valence-corrected chi connectivity index (χ4v) is 7.84. The second kappa shape index (κ2) is 29.6. The molecule has 0 spiro atoms. The molecule has 1 aliphatic rings. The van der Waals surface area contributed by atoms with Crippen LogP contribution >= 0.6 is 20.5 Å². The van der Waals surface area contributed by atoms with Gasteiger partial charge in [-0.15, -0.1) is 0 Å². The third-order valence-electron chi connectivity index (χ3n) is 10.2. The monoisotopic (exact) mass is 949 g/mol. The molecule has 0 radical (unpaired) electrons. The first-order valence-electron chi connectivity index (χ1n) is 21.3. The van der Waals surface area contributed by atoms with E-state index in [-0.39, 0.29) is 95.3 Å². The third-order valence-corrected chi connectivity index (χ3v) is 11.7. The second-order valence-corrected chi connectivity index (χ2v) is 17.6. The molecular weight excluding hydrogens is 882 g/mol. The van der Waals surface area contributed by atoms with Gasteiger partial charge < -0.3 is 62.5 Å². The zero-order valence-electron chi connectivity index (χ0n) is 36.8. The number of Topliss-reactive ketones (excluding diaryl/α,β-unsaturated/α-hetero) is 2. The Morgan fingerprint density at radius 2 is 1.69 bits per heavy atom. The largest absolute Gasteiger partial charge is 0.472 e. The molecule has 64 heavy (non-hydrogen) atoms. The fraction of sp³-hybridized carbons (Fsp3) is 0.744. The van der Waals surface area contributed by atoms with Crippen LogP contribution in [0.1, 0.15) is 71.4 Å². The van der Waals surface area contributed by atoms with Crippen LogP contribution in [0.4, 0.5) is 0 Å². The van der Waals surface area contributed by atoms with Crippen molar-refractivity contribution in [3.63, 3.8) is 0 Å². The highest BCUT2D eigenvalue weighted by molar-refractivity contribution is 7.80. The predicted octanol–water partition coefficient (Wildman–Crippen LogP) is -1.75. The number of ketones is 2. The highest BCUT2D eigenvalue weighted by Gasteiger charge is 2.38. The van der Waals surface area contributed by atoms with E-state index in [1.807, 2.05) is 13.8 Å². The van der Waals surface area contributed by atoms with Gasteiger partial charge in [0.25, 0.3) is 0 Å². The topological polar surface area (TPSA) is 360 Å². The maximum atomic E-state index is 14.0. The standard InChI is InChI=1S/C39H68N9O14PS/c1-24(2)16-30(46-39(56)32-6-4-10-48(32)35(52)7-12-59-14-15-60-13-9-44-38(55)29(41)22-64)33(50)18-26(17-27-20-43-23-45-27)37(54)47-31(21-49)34(51)19-28(36(42)53)25(3)62-63(57,58)61-11-5-8-40/h20,23-26,28-32,49,64H,4-19,21-22,40-41H2,1-3H3,(H2,42,53)(H,43,45)(H,44,55)(H,46,56)(H,47,54)(H,57,58)/t25-,26-,28+,29+,30+,31+,32+/m1/s1. The van der Waals surface area contributed by atoms with Crippen molar-refractivity contribution in [2.45, 2.75) is 102 Å². The molecule has 25 heteroatoms. The summed E-state index contributed by atoms with van der Waals surface area (Å²) in [5, 5.41) is 18.1. The van der Waals surface area contributed by atoms with Crippen LogP contribution in [0.2, 0.25) is 0 Å². The number of ether oxygens (including phenoxy) is 2. The summed E-state index contributed by atoms with van der Waals surface area (Å²) in [6.07, 6.45) is 1.65. The summed E-state index contributed by atoms with van der Waals surface area (Å²) < 4.78 is 33.2. The van der Waals surface area contributed by atoms with Crippen LogP contribution in [0, 0.1) is 17.8 Å². The average molecular weight is 950 g/mol. The van der Waals surface area contributed by atoms with Crippen molar-refractivity contribution in [3.05, 3.63) is 18.2 Å². The number of phosphoric acid groups is 1. The van der Waals surface area contributed by atoms with E-state index in [0.29, 0.717) is 25.1 Å². The van der Waals surface area contributed by atoms with Crippen molar-refractivity contribution in [1.82, 2.24) is 30.8 Å². The molecule has 1 saturated heterocycles. The van der Waals surface area contributed by atoms with E-state index in [2.05, 4.69) is 38.5 Å². The van der Waals surface area contributed by atoms with E-state index < -0.39 is 98.7 Å². The van der Waals surface area contributed by atoms with Crippen LogP contribution in [0.25, 0.3) is 0 Å². The third kappa shape index (κ3) is 20.6. The minimum absolute atomic E-state index is 0.00283. The lowest BCUT2D eigenvalue weighted by molar-refractivity contribution is -0.140. The van der Waals surface area contributed by atoms with Crippen molar-refractivity contribution in [2.75, 3.05) is 65.0 Å². The second-order valence-electron chi connectivity index (χ2n) is 15.8. The van der Waals surface area contributed by atoms with Crippen LogP contribution in [0.15, 0.2) is 12.5 Å². The number of aromatic amines is 1. The Kier molecular flexibility index (Phi) is 26.1. The highest BCUT2D eigenvalue weighted by atomic mass is 32.1. The molecule has 2 rings (SSSR count). The first-order chi connectivity index (χ1) is 30.3. The molecule has 2 heterocycles. The number of rotatable bonds is 34. The number of phosphoric ester groups is 1. The number of likely N-dealkylation sites (tertiary alicyclic amines) is 1. The molecule has 23 nitrogen and oxygen atoms in total.